The molecule has 1 saturated carbocycles. The van der Waals surface area contributed by atoms with Gasteiger partial charge in [0, 0.05) is 25.0 Å². The van der Waals surface area contributed by atoms with E-state index >= 15 is 0 Å². The first-order chi connectivity index (χ1) is 12.9. The molecule has 1 amide bonds. The van der Waals surface area contributed by atoms with Gasteiger partial charge in [0.2, 0.25) is 15.9 Å². The summed E-state index contributed by atoms with van der Waals surface area (Å²) >= 11 is 0. The number of carbonyl (C=O) groups excluding carboxylic acids is 1. The summed E-state index contributed by atoms with van der Waals surface area (Å²) in [5.41, 5.74) is 7.07. The molecular weight excluding hydrogens is 362 g/mol. The van der Waals surface area contributed by atoms with Crippen LogP contribution in [0.5, 0.6) is 0 Å². The molecule has 1 aromatic rings. The molecule has 1 heterocycles. The molecule has 2 fully saturated rings. The van der Waals surface area contributed by atoms with Crippen molar-refractivity contribution in [2.75, 3.05) is 25.4 Å². The molecule has 1 aromatic carbocycles. The fraction of sp³-hybridized carbons (Fsp3) is 0.650. The van der Waals surface area contributed by atoms with Crippen LogP contribution < -0.4 is 10.5 Å². The lowest BCUT2D eigenvalue weighted by molar-refractivity contribution is -0.127. The molecule has 6 nitrogen and oxygen atoms in total. The number of benzene rings is 1. The van der Waals surface area contributed by atoms with E-state index in [4.69, 9.17) is 5.73 Å². The summed E-state index contributed by atoms with van der Waals surface area (Å²) in [7, 11) is -3.61. The molecule has 2 atom stereocenters. The molecule has 150 valence electrons. The Morgan fingerprint density at radius 2 is 1.81 bits per heavy atom. The fourth-order valence-electron chi connectivity index (χ4n) is 4.32. The lowest BCUT2D eigenvalue weighted by atomic mass is 9.88. The highest BCUT2D eigenvalue weighted by atomic mass is 32.2. The Bertz CT molecular complexity index is 730. The summed E-state index contributed by atoms with van der Waals surface area (Å²) in [6, 6.07) is 9.97. The highest BCUT2D eigenvalue weighted by molar-refractivity contribution is 7.90. The monoisotopic (exact) mass is 393 g/mol. The minimum absolute atomic E-state index is 0.0357. The van der Waals surface area contributed by atoms with Gasteiger partial charge in [0.25, 0.3) is 0 Å². The van der Waals surface area contributed by atoms with Crippen molar-refractivity contribution in [1.82, 2.24) is 9.62 Å². The van der Waals surface area contributed by atoms with Crippen LogP contribution in [-0.2, 0) is 14.8 Å². The molecule has 3 rings (SSSR count). The van der Waals surface area contributed by atoms with Crippen LogP contribution in [-0.4, -0.2) is 50.7 Å². The van der Waals surface area contributed by atoms with E-state index in [0.717, 1.165) is 31.2 Å². The molecule has 27 heavy (non-hydrogen) atoms. The maximum Gasteiger partial charge on any atom is 0.239 e. The van der Waals surface area contributed by atoms with E-state index in [1.54, 1.807) is 4.90 Å². The van der Waals surface area contributed by atoms with Gasteiger partial charge in [0.15, 0.2) is 0 Å². The predicted molar refractivity (Wildman–Crippen MR) is 107 cm³/mol. The van der Waals surface area contributed by atoms with Gasteiger partial charge in [-0.3, -0.25) is 4.79 Å². The molecule has 1 aliphatic heterocycles. The first kappa shape index (κ1) is 20.3. The summed E-state index contributed by atoms with van der Waals surface area (Å²) < 4.78 is 27.7. The zero-order chi connectivity index (χ0) is 19.4. The third-order valence-corrected chi connectivity index (χ3v) is 7.32. The van der Waals surface area contributed by atoms with Gasteiger partial charge in [0.1, 0.15) is 5.75 Å². The number of nitrogens with two attached hydrogens (primary N) is 1. The molecule has 0 spiro atoms. The molecule has 7 heteroatoms. The van der Waals surface area contributed by atoms with Gasteiger partial charge in [-0.1, -0.05) is 37.3 Å². The number of likely N-dealkylation sites (tertiary alicyclic amines) is 1. The standard InChI is InChI=1S/C20H31N3O3S/c1-15-7-9-18(10-8-15)22-27(25,26)14-20(24)23-12-17(11-21)19(13-23)16-5-3-2-4-6-16/h2-6,15,17-19,22H,7-14,21H2,1H3/t15?,17-,18?,19+/m1/s1. The predicted octanol–water partition coefficient (Wildman–Crippen LogP) is 1.69. The number of nitrogens with zero attached hydrogens (tertiary/aromatic N) is 1. The van der Waals surface area contributed by atoms with E-state index in [9.17, 15) is 13.2 Å². The van der Waals surface area contributed by atoms with Gasteiger partial charge in [0.05, 0.1) is 0 Å². The minimum Gasteiger partial charge on any atom is -0.341 e. The third-order valence-electron chi connectivity index (χ3n) is 6.00. The van der Waals surface area contributed by atoms with Crippen molar-refractivity contribution in [3.8, 4) is 0 Å². The highest BCUT2D eigenvalue weighted by Crippen LogP contribution is 2.32. The summed E-state index contributed by atoms with van der Waals surface area (Å²) in [4.78, 5) is 14.3. The summed E-state index contributed by atoms with van der Waals surface area (Å²) in [5.74, 6) is 0.170. The Morgan fingerprint density at radius 1 is 1.15 bits per heavy atom. The van der Waals surface area contributed by atoms with E-state index in [-0.39, 0.29) is 23.8 Å². The van der Waals surface area contributed by atoms with Crippen molar-refractivity contribution >= 4 is 15.9 Å². The Morgan fingerprint density at radius 3 is 2.44 bits per heavy atom. The van der Waals surface area contributed by atoms with E-state index in [1.165, 1.54) is 0 Å². The minimum atomic E-state index is -3.61. The molecule has 2 aliphatic rings. The Labute approximate surface area is 162 Å². The van der Waals surface area contributed by atoms with E-state index in [1.807, 2.05) is 30.3 Å². The largest absolute Gasteiger partial charge is 0.341 e. The first-order valence-electron chi connectivity index (χ1n) is 9.90. The van der Waals surface area contributed by atoms with Gasteiger partial charge in [-0.2, -0.15) is 0 Å². The summed E-state index contributed by atoms with van der Waals surface area (Å²) in [6.45, 7) is 3.72. The van der Waals surface area contributed by atoms with Gasteiger partial charge in [-0.25, -0.2) is 13.1 Å². The summed E-state index contributed by atoms with van der Waals surface area (Å²) in [5, 5.41) is 0. The molecule has 1 aliphatic carbocycles. The van der Waals surface area contributed by atoms with Crippen LogP contribution in [0.25, 0.3) is 0 Å². The van der Waals surface area contributed by atoms with Crippen molar-refractivity contribution in [1.29, 1.82) is 0 Å². The quantitative estimate of drug-likeness (QED) is 0.769. The van der Waals surface area contributed by atoms with Gasteiger partial charge in [-0.15, -0.1) is 0 Å². The van der Waals surface area contributed by atoms with Crippen molar-refractivity contribution in [3.63, 3.8) is 0 Å². The number of sulfonamides is 1. The first-order valence-corrected chi connectivity index (χ1v) is 11.6. The zero-order valence-corrected chi connectivity index (χ0v) is 16.8. The van der Waals surface area contributed by atoms with E-state index < -0.39 is 15.8 Å². The second kappa shape index (κ2) is 8.71. The average Bonchev–Trinajstić information content (AvgIpc) is 3.08. The molecule has 0 unspecified atom stereocenters. The maximum atomic E-state index is 12.7. The summed E-state index contributed by atoms with van der Waals surface area (Å²) in [6.07, 6.45) is 3.77. The maximum absolute atomic E-state index is 12.7. The average molecular weight is 394 g/mol. The van der Waals surface area contributed by atoms with Crippen molar-refractivity contribution in [3.05, 3.63) is 35.9 Å². The van der Waals surface area contributed by atoms with Gasteiger partial charge >= 0.3 is 0 Å². The van der Waals surface area contributed by atoms with Crippen molar-refractivity contribution < 1.29 is 13.2 Å². The smallest absolute Gasteiger partial charge is 0.239 e. The number of rotatable bonds is 6. The number of hydrogen-bond donors (Lipinski definition) is 2. The number of nitrogens with one attached hydrogen (secondary N) is 1. The molecule has 0 bridgehead atoms. The second-order valence-electron chi connectivity index (χ2n) is 8.15. The van der Waals surface area contributed by atoms with Crippen LogP contribution in [0, 0.1) is 11.8 Å². The van der Waals surface area contributed by atoms with Crippen LogP contribution in [0.1, 0.15) is 44.1 Å². The topological polar surface area (TPSA) is 92.5 Å². The molecular formula is C20H31N3O3S. The lowest BCUT2D eigenvalue weighted by Gasteiger charge is -2.27. The van der Waals surface area contributed by atoms with Crippen LogP contribution >= 0.6 is 0 Å². The number of carbonyl (C=O) groups is 1. The van der Waals surface area contributed by atoms with Crippen LogP contribution in [0.15, 0.2) is 30.3 Å². The normalized spacial score (nSPS) is 29.0. The van der Waals surface area contributed by atoms with Crippen LogP contribution in [0.4, 0.5) is 0 Å². The van der Waals surface area contributed by atoms with Crippen LogP contribution in [0.2, 0.25) is 0 Å². The molecule has 0 aromatic heterocycles. The van der Waals surface area contributed by atoms with Crippen molar-refractivity contribution in [2.45, 2.75) is 44.6 Å². The zero-order valence-electron chi connectivity index (χ0n) is 16.0. The molecule has 1 saturated heterocycles. The molecule has 0 radical (unpaired) electrons. The second-order valence-corrected chi connectivity index (χ2v) is 9.90. The van der Waals surface area contributed by atoms with E-state index in [0.29, 0.717) is 25.6 Å². The Balaban J connectivity index is 1.59. The van der Waals surface area contributed by atoms with Gasteiger partial charge < -0.3 is 10.6 Å². The number of amides is 1. The Hall–Kier alpha value is -1.44. The lowest BCUT2D eigenvalue weighted by Crippen LogP contribution is -2.43. The Kier molecular flexibility index (Phi) is 6.55. The van der Waals surface area contributed by atoms with E-state index in [2.05, 4.69) is 11.6 Å². The van der Waals surface area contributed by atoms with Gasteiger partial charge in [-0.05, 0) is 49.6 Å². The highest BCUT2D eigenvalue weighted by Gasteiger charge is 2.36. The molecule has 3 N–H and O–H groups in total. The number of hydrogen-bond acceptors (Lipinski definition) is 4. The fourth-order valence-corrected chi connectivity index (χ4v) is 5.65. The third kappa shape index (κ3) is 5.30. The SMILES string of the molecule is CC1CCC(NS(=O)(=O)CC(=O)N2C[C@@H](CN)[C@H](c3ccccc3)C2)CC1. The van der Waals surface area contributed by atoms with Crippen molar-refractivity contribution in [2.24, 2.45) is 17.6 Å². The van der Waals surface area contributed by atoms with Crippen LogP contribution in [0.3, 0.4) is 0 Å².